The van der Waals surface area contributed by atoms with Gasteiger partial charge in [-0.3, -0.25) is 0 Å². The molecule has 2 nitrogen and oxygen atoms in total. The lowest BCUT2D eigenvalue weighted by Gasteiger charge is -2.59. The first-order valence-corrected chi connectivity index (χ1v) is 9.19. The number of hydrogen-bond acceptors (Lipinski definition) is 2. The van der Waals surface area contributed by atoms with Gasteiger partial charge >= 0.3 is 0 Å². The Balaban J connectivity index is 1.79. The smallest absolute Gasteiger partial charge is 0.140 e. The van der Waals surface area contributed by atoms with E-state index in [2.05, 4.69) is 26.8 Å². The molecule has 122 valence electrons. The monoisotopic (exact) mass is 302 g/mol. The summed E-state index contributed by atoms with van der Waals surface area (Å²) in [4.78, 5) is 0. The molecule has 3 saturated carbocycles. The number of allylic oxidation sites excluding steroid dienone is 2. The van der Waals surface area contributed by atoms with Crippen LogP contribution < -0.4 is 0 Å². The number of fused-ring (bicyclic) bond motifs is 5. The second-order valence-corrected chi connectivity index (χ2v) is 8.99. The van der Waals surface area contributed by atoms with E-state index in [1.807, 2.05) is 0 Å². The zero-order valence-corrected chi connectivity index (χ0v) is 14.2. The van der Waals surface area contributed by atoms with E-state index < -0.39 is 0 Å². The average Bonchev–Trinajstić information content (AvgIpc) is 2.87. The molecule has 0 unspecified atom stereocenters. The molecule has 3 fully saturated rings. The van der Waals surface area contributed by atoms with Gasteiger partial charge < -0.3 is 10.2 Å². The van der Waals surface area contributed by atoms with E-state index in [0.29, 0.717) is 29.6 Å². The van der Waals surface area contributed by atoms with Gasteiger partial charge in [0.25, 0.3) is 0 Å². The Hall–Kier alpha value is -0.920. The van der Waals surface area contributed by atoms with Crippen molar-refractivity contribution in [1.82, 2.24) is 0 Å². The van der Waals surface area contributed by atoms with Crippen molar-refractivity contribution < 1.29 is 10.2 Å². The van der Waals surface area contributed by atoms with Crippen LogP contribution in [0.15, 0.2) is 23.2 Å². The average molecular weight is 302 g/mol. The molecular weight excluding hydrogens is 272 g/mol. The molecule has 4 aliphatic carbocycles. The van der Waals surface area contributed by atoms with Gasteiger partial charge in [0.1, 0.15) is 11.5 Å². The quantitative estimate of drug-likeness (QED) is 0.578. The van der Waals surface area contributed by atoms with Crippen LogP contribution in [-0.2, 0) is 0 Å². The minimum atomic E-state index is -0.302. The summed E-state index contributed by atoms with van der Waals surface area (Å²) >= 11 is 0. The van der Waals surface area contributed by atoms with Gasteiger partial charge in [0.2, 0.25) is 0 Å². The molecule has 0 amide bonds. The van der Waals surface area contributed by atoms with Gasteiger partial charge in [0.15, 0.2) is 0 Å². The molecule has 0 aromatic rings. The van der Waals surface area contributed by atoms with Crippen molar-refractivity contribution >= 4 is 0 Å². The van der Waals surface area contributed by atoms with Crippen molar-refractivity contribution in [2.75, 3.05) is 0 Å². The molecule has 0 spiro atoms. The highest BCUT2D eigenvalue weighted by Crippen LogP contribution is 2.67. The molecule has 0 radical (unpaired) electrons. The topological polar surface area (TPSA) is 40.5 Å². The van der Waals surface area contributed by atoms with E-state index in [0.717, 1.165) is 12.3 Å². The Morgan fingerprint density at radius 2 is 1.86 bits per heavy atom. The third-order valence-electron chi connectivity index (χ3n) is 8.03. The molecule has 4 aliphatic rings. The molecule has 2 N–H and O–H groups in total. The standard InChI is InChI=1S/C20H30O2/c1-12-11-13-6-7-16(21)18(22)20(13,3)15-8-10-19(2)9-4-5-14(19)17(12)15/h6,12,14-15,17,21-22H,4-5,7-11H2,1-3H3/t12-,14-,15-,17-,19-,20-/m0/s1. The zero-order chi connectivity index (χ0) is 15.7. The molecule has 0 aromatic carbocycles. The van der Waals surface area contributed by atoms with E-state index in [-0.39, 0.29) is 16.9 Å². The first-order chi connectivity index (χ1) is 10.4. The molecule has 2 heteroatoms. The second kappa shape index (κ2) is 4.55. The predicted molar refractivity (Wildman–Crippen MR) is 88.5 cm³/mol. The van der Waals surface area contributed by atoms with E-state index in [1.54, 1.807) is 0 Å². The van der Waals surface area contributed by atoms with Crippen LogP contribution in [0.1, 0.15) is 65.7 Å². The Morgan fingerprint density at radius 3 is 2.64 bits per heavy atom. The van der Waals surface area contributed by atoms with Gasteiger partial charge in [-0.25, -0.2) is 0 Å². The Bertz CT molecular complexity index is 560. The summed E-state index contributed by atoms with van der Waals surface area (Å²) in [7, 11) is 0. The summed E-state index contributed by atoms with van der Waals surface area (Å²) < 4.78 is 0. The van der Waals surface area contributed by atoms with E-state index in [9.17, 15) is 10.2 Å². The van der Waals surface area contributed by atoms with Crippen LogP contribution in [0.25, 0.3) is 0 Å². The lowest BCUT2D eigenvalue weighted by Crippen LogP contribution is -2.52. The van der Waals surface area contributed by atoms with E-state index in [4.69, 9.17) is 0 Å². The lowest BCUT2D eigenvalue weighted by atomic mass is 9.46. The van der Waals surface area contributed by atoms with Crippen molar-refractivity contribution in [3.8, 4) is 0 Å². The second-order valence-electron chi connectivity index (χ2n) is 8.99. The predicted octanol–water partition coefficient (Wildman–Crippen LogP) is 5.52. The molecule has 0 saturated heterocycles. The number of hydrogen-bond donors (Lipinski definition) is 2. The van der Waals surface area contributed by atoms with Crippen molar-refractivity contribution in [1.29, 1.82) is 0 Å². The van der Waals surface area contributed by atoms with Gasteiger partial charge in [-0.05, 0) is 68.1 Å². The largest absolute Gasteiger partial charge is 0.508 e. The van der Waals surface area contributed by atoms with Gasteiger partial charge in [-0.2, -0.15) is 0 Å². The third kappa shape index (κ3) is 1.67. The summed E-state index contributed by atoms with van der Waals surface area (Å²) in [6.07, 6.45) is 10.4. The molecule has 22 heavy (non-hydrogen) atoms. The maximum atomic E-state index is 10.8. The third-order valence-corrected chi connectivity index (χ3v) is 8.03. The van der Waals surface area contributed by atoms with Crippen LogP contribution in [0.5, 0.6) is 0 Å². The SMILES string of the molecule is C[C@H]1CC2=CCC(O)=C(O)[C@]2(C)[C@H]2CC[C@]3(C)CCC[C@H]3[C@H]12. The van der Waals surface area contributed by atoms with Crippen LogP contribution in [0.4, 0.5) is 0 Å². The van der Waals surface area contributed by atoms with E-state index in [1.165, 1.54) is 37.7 Å². The normalized spacial score (nSPS) is 51.0. The number of aliphatic hydroxyl groups excluding tert-OH is 2. The first kappa shape index (κ1) is 14.7. The Labute approximate surface area is 134 Å². The first-order valence-electron chi connectivity index (χ1n) is 9.19. The Kier molecular flexibility index (Phi) is 3.03. The van der Waals surface area contributed by atoms with Crippen LogP contribution in [0.3, 0.4) is 0 Å². The van der Waals surface area contributed by atoms with Crippen molar-refractivity contribution in [2.24, 2.45) is 34.5 Å². The fourth-order valence-electron chi connectivity index (χ4n) is 6.82. The molecule has 0 aliphatic heterocycles. The highest BCUT2D eigenvalue weighted by Gasteiger charge is 2.59. The van der Waals surface area contributed by atoms with E-state index >= 15 is 0 Å². The van der Waals surface area contributed by atoms with Gasteiger partial charge in [0.05, 0.1) is 5.41 Å². The number of rotatable bonds is 0. The zero-order valence-electron chi connectivity index (χ0n) is 14.2. The molecular formula is C20H30O2. The van der Waals surface area contributed by atoms with Crippen molar-refractivity contribution in [3.63, 3.8) is 0 Å². The lowest BCUT2D eigenvalue weighted by molar-refractivity contribution is -0.0591. The van der Waals surface area contributed by atoms with Crippen LogP contribution in [0.2, 0.25) is 0 Å². The molecule has 4 rings (SSSR count). The van der Waals surface area contributed by atoms with Gasteiger partial charge in [0, 0.05) is 6.42 Å². The van der Waals surface area contributed by atoms with Crippen molar-refractivity contribution in [2.45, 2.75) is 65.7 Å². The van der Waals surface area contributed by atoms with Crippen LogP contribution >= 0.6 is 0 Å². The molecule has 0 aromatic heterocycles. The summed E-state index contributed by atoms with van der Waals surface area (Å²) in [5, 5.41) is 20.9. The van der Waals surface area contributed by atoms with Crippen molar-refractivity contribution in [3.05, 3.63) is 23.2 Å². The fourth-order valence-corrected chi connectivity index (χ4v) is 6.82. The Morgan fingerprint density at radius 1 is 1.09 bits per heavy atom. The summed E-state index contributed by atoms with van der Waals surface area (Å²) in [6.45, 7) is 7.14. The maximum absolute atomic E-state index is 10.8. The minimum absolute atomic E-state index is 0.208. The summed E-state index contributed by atoms with van der Waals surface area (Å²) in [5.74, 6) is 3.22. The van der Waals surface area contributed by atoms with Crippen LogP contribution in [-0.4, -0.2) is 10.2 Å². The minimum Gasteiger partial charge on any atom is -0.508 e. The number of aliphatic hydroxyl groups is 2. The highest BCUT2D eigenvalue weighted by molar-refractivity contribution is 5.36. The maximum Gasteiger partial charge on any atom is 0.140 e. The molecule has 0 heterocycles. The highest BCUT2D eigenvalue weighted by atomic mass is 16.3. The fraction of sp³-hybridized carbons (Fsp3) is 0.800. The van der Waals surface area contributed by atoms with Gasteiger partial charge in [-0.15, -0.1) is 0 Å². The molecule has 6 atom stereocenters. The van der Waals surface area contributed by atoms with Gasteiger partial charge in [-0.1, -0.05) is 31.9 Å². The summed E-state index contributed by atoms with van der Waals surface area (Å²) in [5.41, 5.74) is 1.62. The summed E-state index contributed by atoms with van der Waals surface area (Å²) in [6, 6.07) is 0. The van der Waals surface area contributed by atoms with Crippen LogP contribution in [0, 0.1) is 34.5 Å². The molecule has 0 bridgehead atoms.